The molecule has 26 heavy (non-hydrogen) atoms. The van der Waals surface area contributed by atoms with Crippen LogP contribution >= 0.6 is 11.6 Å². The van der Waals surface area contributed by atoms with Crippen LogP contribution in [0.3, 0.4) is 0 Å². The highest BCUT2D eigenvalue weighted by atomic mass is 35.5. The van der Waals surface area contributed by atoms with Gasteiger partial charge in [0, 0.05) is 0 Å². The van der Waals surface area contributed by atoms with Crippen LogP contribution in [0.2, 0.25) is 5.02 Å². The molecule has 0 fully saturated rings. The van der Waals surface area contributed by atoms with Crippen molar-refractivity contribution in [1.82, 2.24) is 0 Å². The summed E-state index contributed by atoms with van der Waals surface area (Å²) in [6, 6.07) is 6.69. The van der Waals surface area contributed by atoms with E-state index in [1.807, 2.05) is 0 Å². The normalized spacial score (nSPS) is 12.4. The lowest BCUT2D eigenvalue weighted by atomic mass is 10.1. The predicted molar refractivity (Wildman–Crippen MR) is 86.4 cm³/mol. The van der Waals surface area contributed by atoms with Crippen LogP contribution in [0.4, 0.5) is 23.2 Å². The molecule has 2 aromatic carbocycles. The Bertz CT molecular complexity index is 822. The molecule has 1 atom stereocenters. The van der Waals surface area contributed by atoms with E-state index in [-0.39, 0.29) is 16.3 Å². The average Bonchev–Trinajstić information content (AvgIpc) is 2.56. The maximum Gasteiger partial charge on any atom is 0.416 e. The summed E-state index contributed by atoms with van der Waals surface area (Å²) in [5.41, 5.74) is -0.932. The van der Waals surface area contributed by atoms with Crippen LogP contribution in [-0.2, 0) is 15.7 Å². The average molecular weight is 390 g/mol. The summed E-state index contributed by atoms with van der Waals surface area (Å²) in [6.45, 7) is 1.27. The summed E-state index contributed by atoms with van der Waals surface area (Å²) in [6.07, 6.45) is -5.78. The molecule has 4 nitrogen and oxygen atoms in total. The second-order valence-electron chi connectivity index (χ2n) is 5.24. The zero-order valence-corrected chi connectivity index (χ0v) is 14.0. The molecule has 0 heterocycles. The SMILES string of the molecule is CC(OC(=O)c1ccc(C(F)(F)F)cc1)C(=O)Nc1ccc(F)cc1Cl. The van der Waals surface area contributed by atoms with Gasteiger partial charge in [0.15, 0.2) is 6.10 Å². The fourth-order valence-corrected chi connectivity index (χ4v) is 2.12. The van der Waals surface area contributed by atoms with Crippen molar-refractivity contribution in [3.8, 4) is 0 Å². The van der Waals surface area contributed by atoms with Crippen LogP contribution in [0, 0.1) is 5.82 Å². The third-order valence-corrected chi connectivity index (χ3v) is 3.60. The Morgan fingerprint density at radius 3 is 2.27 bits per heavy atom. The van der Waals surface area contributed by atoms with Gasteiger partial charge in [0.25, 0.3) is 5.91 Å². The maximum atomic E-state index is 13.0. The smallest absolute Gasteiger partial charge is 0.416 e. The fourth-order valence-electron chi connectivity index (χ4n) is 1.90. The third-order valence-electron chi connectivity index (χ3n) is 3.29. The summed E-state index contributed by atoms with van der Waals surface area (Å²) >= 11 is 5.78. The Labute approximate surface area is 150 Å². The molecule has 138 valence electrons. The van der Waals surface area contributed by atoms with E-state index in [1.165, 1.54) is 13.0 Å². The van der Waals surface area contributed by atoms with E-state index in [9.17, 15) is 27.2 Å². The van der Waals surface area contributed by atoms with Crippen molar-refractivity contribution in [3.63, 3.8) is 0 Å². The number of anilines is 1. The number of rotatable bonds is 4. The van der Waals surface area contributed by atoms with E-state index in [0.29, 0.717) is 0 Å². The van der Waals surface area contributed by atoms with Crippen molar-refractivity contribution in [2.45, 2.75) is 19.2 Å². The van der Waals surface area contributed by atoms with E-state index in [2.05, 4.69) is 5.32 Å². The molecule has 0 bridgehead atoms. The van der Waals surface area contributed by atoms with Gasteiger partial charge >= 0.3 is 12.1 Å². The highest BCUT2D eigenvalue weighted by Gasteiger charge is 2.30. The number of benzene rings is 2. The molecule has 2 rings (SSSR count). The number of hydrogen-bond acceptors (Lipinski definition) is 3. The third kappa shape index (κ3) is 4.95. The standard InChI is InChI=1S/C17H12ClF4NO3/c1-9(15(24)23-14-7-6-12(19)8-13(14)18)26-16(25)10-2-4-11(5-3-10)17(20,21)22/h2-9H,1H3,(H,23,24). The highest BCUT2D eigenvalue weighted by Crippen LogP contribution is 2.29. The van der Waals surface area contributed by atoms with E-state index in [1.54, 1.807) is 0 Å². The molecule has 0 aliphatic carbocycles. The quantitative estimate of drug-likeness (QED) is 0.610. The van der Waals surface area contributed by atoms with Gasteiger partial charge in [0.1, 0.15) is 5.82 Å². The lowest BCUT2D eigenvalue weighted by molar-refractivity contribution is -0.137. The number of hydrogen-bond donors (Lipinski definition) is 1. The number of halogens is 5. The molecule has 0 saturated carbocycles. The number of nitrogens with one attached hydrogen (secondary N) is 1. The molecule has 1 amide bonds. The topological polar surface area (TPSA) is 55.4 Å². The molecule has 1 unspecified atom stereocenters. The number of carbonyl (C=O) groups excluding carboxylic acids is 2. The summed E-state index contributed by atoms with van der Waals surface area (Å²) in [5, 5.41) is 2.32. The number of amides is 1. The van der Waals surface area contributed by atoms with Gasteiger partial charge in [0.05, 0.1) is 21.8 Å². The van der Waals surface area contributed by atoms with Gasteiger partial charge in [-0.1, -0.05) is 11.6 Å². The monoisotopic (exact) mass is 389 g/mol. The molecule has 0 aliphatic rings. The van der Waals surface area contributed by atoms with Crippen LogP contribution in [0.15, 0.2) is 42.5 Å². The van der Waals surface area contributed by atoms with Crippen molar-refractivity contribution in [2.24, 2.45) is 0 Å². The van der Waals surface area contributed by atoms with Gasteiger partial charge in [-0.2, -0.15) is 13.2 Å². The molecule has 0 spiro atoms. The first-order valence-electron chi connectivity index (χ1n) is 7.22. The predicted octanol–water partition coefficient (Wildman–Crippen LogP) is 4.68. The van der Waals surface area contributed by atoms with Crippen molar-refractivity contribution in [3.05, 3.63) is 64.4 Å². The summed E-state index contributed by atoms with van der Waals surface area (Å²) in [5.74, 6) is -2.29. The van der Waals surface area contributed by atoms with Crippen LogP contribution in [0.1, 0.15) is 22.8 Å². The van der Waals surface area contributed by atoms with E-state index < -0.39 is 35.5 Å². The van der Waals surface area contributed by atoms with E-state index in [0.717, 1.165) is 36.4 Å². The number of carbonyl (C=O) groups is 2. The molecule has 0 radical (unpaired) electrons. The molecule has 0 aromatic heterocycles. The summed E-state index contributed by atoms with van der Waals surface area (Å²) in [7, 11) is 0. The van der Waals surface area contributed by atoms with Crippen molar-refractivity contribution >= 4 is 29.2 Å². The Balaban J connectivity index is 2.00. The van der Waals surface area contributed by atoms with Gasteiger partial charge < -0.3 is 10.1 Å². The van der Waals surface area contributed by atoms with Crippen LogP contribution < -0.4 is 5.32 Å². The van der Waals surface area contributed by atoms with Gasteiger partial charge in [-0.05, 0) is 49.4 Å². The maximum absolute atomic E-state index is 13.0. The van der Waals surface area contributed by atoms with Crippen molar-refractivity contribution < 1.29 is 31.9 Å². The Morgan fingerprint density at radius 1 is 1.12 bits per heavy atom. The van der Waals surface area contributed by atoms with Crippen LogP contribution in [0.5, 0.6) is 0 Å². The minimum Gasteiger partial charge on any atom is -0.449 e. The first kappa shape index (κ1) is 19.7. The first-order chi connectivity index (χ1) is 12.1. The molecule has 1 N–H and O–H groups in total. The molecule has 9 heteroatoms. The first-order valence-corrected chi connectivity index (χ1v) is 7.60. The number of alkyl halides is 3. The second-order valence-corrected chi connectivity index (χ2v) is 5.64. The zero-order valence-electron chi connectivity index (χ0n) is 13.2. The summed E-state index contributed by atoms with van der Waals surface area (Å²) in [4.78, 5) is 23.9. The number of ether oxygens (including phenoxy) is 1. The largest absolute Gasteiger partial charge is 0.449 e. The lowest BCUT2D eigenvalue weighted by Crippen LogP contribution is -2.30. The molecular formula is C17H12ClF4NO3. The molecular weight excluding hydrogens is 378 g/mol. The van der Waals surface area contributed by atoms with Crippen molar-refractivity contribution in [1.29, 1.82) is 0 Å². The van der Waals surface area contributed by atoms with Gasteiger partial charge in [-0.3, -0.25) is 4.79 Å². The zero-order chi connectivity index (χ0) is 19.5. The van der Waals surface area contributed by atoms with Crippen LogP contribution in [-0.4, -0.2) is 18.0 Å². The Morgan fingerprint density at radius 2 is 1.73 bits per heavy atom. The molecule has 2 aromatic rings. The molecule has 0 saturated heterocycles. The lowest BCUT2D eigenvalue weighted by Gasteiger charge is -2.14. The van der Waals surface area contributed by atoms with Crippen molar-refractivity contribution in [2.75, 3.05) is 5.32 Å². The van der Waals surface area contributed by atoms with Crippen LogP contribution in [0.25, 0.3) is 0 Å². The minimum atomic E-state index is -4.52. The highest BCUT2D eigenvalue weighted by molar-refractivity contribution is 6.33. The van der Waals surface area contributed by atoms with E-state index in [4.69, 9.17) is 16.3 Å². The van der Waals surface area contributed by atoms with E-state index >= 15 is 0 Å². The Hall–Kier alpha value is -2.61. The summed E-state index contributed by atoms with van der Waals surface area (Å²) < 4.78 is 55.4. The Kier molecular flexibility index (Phi) is 5.86. The van der Waals surface area contributed by atoms with Gasteiger partial charge in [-0.25, -0.2) is 9.18 Å². The van der Waals surface area contributed by atoms with Gasteiger partial charge in [-0.15, -0.1) is 0 Å². The fraction of sp³-hybridized carbons (Fsp3) is 0.176. The van der Waals surface area contributed by atoms with Gasteiger partial charge in [0.2, 0.25) is 0 Å². The minimum absolute atomic E-state index is 0.0420. The number of esters is 1. The molecule has 0 aliphatic heterocycles. The second kappa shape index (κ2) is 7.74.